The van der Waals surface area contributed by atoms with Crippen molar-refractivity contribution in [3.63, 3.8) is 0 Å². The maximum absolute atomic E-state index is 4.23. The minimum absolute atomic E-state index is 0.813. The third kappa shape index (κ3) is 7.04. The van der Waals surface area contributed by atoms with Crippen LogP contribution < -0.4 is 0 Å². The summed E-state index contributed by atoms with van der Waals surface area (Å²) in [5.74, 6) is 2.07. The molecule has 0 saturated carbocycles. The number of unbranched alkanes of at least 4 members (excludes halogenated alkanes) is 2. The fourth-order valence-corrected chi connectivity index (χ4v) is 2.43. The van der Waals surface area contributed by atoms with E-state index in [0.29, 0.717) is 0 Å². The Morgan fingerprint density at radius 3 is 2.78 bits per heavy atom. The Kier molecular flexibility index (Phi) is 8.14. The summed E-state index contributed by atoms with van der Waals surface area (Å²) in [5.41, 5.74) is 1.15. The van der Waals surface area contributed by atoms with Gasteiger partial charge in [-0.2, -0.15) is 11.8 Å². The summed E-state index contributed by atoms with van der Waals surface area (Å²) in [4.78, 5) is 0. The van der Waals surface area contributed by atoms with Crippen molar-refractivity contribution in [3.8, 4) is 0 Å². The Balaban J connectivity index is 2.13. The van der Waals surface area contributed by atoms with Gasteiger partial charge in [0.2, 0.25) is 0 Å². The summed E-state index contributed by atoms with van der Waals surface area (Å²) in [6, 6.07) is 0. The van der Waals surface area contributed by atoms with E-state index < -0.39 is 0 Å². The predicted octanol–water partition coefficient (Wildman–Crippen LogP) is 3.79. The zero-order valence-electron chi connectivity index (χ0n) is 12.1. The molecule has 18 heavy (non-hydrogen) atoms. The molecule has 1 aromatic heterocycles. The lowest BCUT2D eigenvalue weighted by molar-refractivity contribution is 0.485. The molecule has 0 radical (unpaired) electrons. The van der Waals surface area contributed by atoms with Crippen LogP contribution in [0.5, 0.6) is 0 Å². The van der Waals surface area contributed by atoms with Crippen molar-refractivity contribution >= 4 is 11.8 Å². The Bertz CT molecular complexity index is 310. The molecule has 0 amide bonds. The molecule has 0 fully saturated rings. The Morgan fingerprint density at radius 1 is 1.22 bits per heavy atom. The van der Waals surface area contributed by atoms with Crippen LogP contribution in [0.4, 0.5) is 0 Å². The summed E-state index contributed by atoms with van der Waals surface area (Å²) in [6.45, 7) is 5.58. The molecule has 0 aromatic carbocycles. The lowest BCUT2D eigenvalue weighted by Crippen LogP contribution is -1.99. The molecule has 3 nitrogen and oxygen atoms in total. The molecule has 1 heterocycles. The second kappa shape index (κ2) is 9.42. The van der Waals surface area contributed by atoms with Crippen LogP contribution in [0.3, 0.4) is 0 Å². The van der Waals surface area contributed by atoms with E-state index in [9.17, 15) is 0 Å². The molecule has 0 unspecified atom stereocenters. The van der Waals surface area contributed by atoms with Crippen molar-refractivity contribution in [1.82, 2.24) is 15.0 Å². The maximum Gasteiger partial charge on any atom is 0.0827 e. The van der Waals surface area contributed by atoms with Gasteiger partial charge in [0, 0.05) is 12.7 Å². The van der Waals surface area contributed by atoms with Crippen LogP contribution in [-0.4, -0.2) is 27.0 Å². The average Bonchev–Trinajstić information content (AvgIpc) is 2.78. The number of aromatic nitrogens is 3. The Hall–Kier alpha value is -0.510. The van der Waals surface area contributed by atoms with Crippen molar-refractivity contribution in [2.75, 3.05) is 12.0 Å². The smallest absolute Gasteiger partial charge is 0.0827 e. The molecule has 0 spiro atoms. The molecule has 0 bridgehead atoms. The van der Waals surface area contributed by atoms with E-state index in [1.165, 1.54) is 37.9 Å². The van der Waals surface area contributed by atoms with Gasteiger partial charge in [-0.3, -0.25) is 4.68 Å². The van der Waals surface area contributed by atoms with Crippen LogP contribution in [0, 0.1) is 5.92 Å². The van der Waals surface area contributed by atoms with Gasteiger partial charge in [-0.15, -0.1) is 5.10 Å². The third-order valence-electron chi connectivity index (χ3n) is 3.04. The van der Waals surface area contributed by atoms with Crippen molar-refractivity contribution in [2.45, 2.75) is 58.9 Å². The van der Waals surface area contributed by atoms with E-state index in [4.69, 9.17) is 0 Å². The standard InChI is InChI=1S/C14H27N3S/c1-13(2)8-4-6-10-17-12-14(15-16-17)9-5-7-11-18-3/h12-13H,4-11H2,1-3H3. The molecule has 1 aromatic rings. The number of nitrogens with zero attached hydrogens (tertiary/aromatic N) is 3. The van der Waals surface area contributed by atoms with Crippen molar-refractivity contribution in [2.24, 2.45) is 5.92 Å². The molecule has 1 rings (SSSR count). The van der Waals surface area contributed by atoms with Crippen LogP contribution in [0.2, 0.25) is 0 Å². The highest BCUT2D eigenvalue weighted by Gasteiger charge is 2.01. The van der Waals surface area contributed by atoms with Gasteiger partial charge in [0.05, 0.1) is 5.69 Å². The summed E-state index contributed by atoms with van der Waals surface area (Å²) in [7, 11) is 0. The summed E-state index contributed by atoms with van der Waals surface area (Å²) in [6.07, 6.45) is 11.7. The largest absolute Gasteiger partial charge is 0.252 e. The van der Waals surface area contributed by atoms with Crippen LogP contribution >= 0.6 is 11.8 Å². The highest BCUT2D eigenvalue weighted by molar-refractivity contribution is 7.98. The summed E-state index contributed by atoms with van der Waals surface area (Å²) < 4.78 is 2.00. The van der Waals surface area contributed by atoms with Crippen molar-refractivity contribution in [1.29, 1.82) is 0 Å². The van der Waals surface area contributed by atoms with Gasteiger partial charge in [0.1, 0.15) is 0 Å². The molecular weight excluding hydrogens is 242 g/mol. The van der Waals surface area contributed by atoms with Crippen molar-refractivity contribution in [3.05, 3.63) is 11.9 Å². The predicted molar refractivity (Wildman–Crippen MR) is 80.0 cm³/mol. The summed E-state index contributed by atoms with van der Waals surface area (Å²) >= 11 is 1.92. The van der Waals surface area contributed by atoms with Crippen molar-refractivity contribution < 1.29 is 0 Å². The summed E-state index contributed by atoms with van der Waals surface area (Å²) in [5, 5.41) is 8.43. The molecule has 0 aliphatic carbocycles. The van der Waals surface area contributed by atoms with E-state index in [-0.39, 0.29) is 0 Å². The lowest BCUT2D eigenvalue weighted by Gasteiger charge is -2.03. The van der Waals surface area contributed by atoms with Crippen LogP contribution in [0.1, 0.15) is 51.6 Å². The first-order valence-corrected chi connectivity index (χ1v) is 8.49. The number of hydrogen-bond donors (Lipinski definition) is 0. The number of aryl methyl sites for hydroxylation is 2. The molecule has 104 valence electrons. The molecular formula is C14H27N3S. The molecule has 0 saturated heterocycles. The van der Waals surface area contributed by atoms with Gasteiger partial charge in [0.15, 0.2) is 0 Å². The van der Waals surface area contributed by atoms with Crippen LogP contribution in [0.25, 0.3) is 0 Å². The monoisotopic (exact) mass is 269 g/mol. The minimum Gasteiger partial charge on any atom is -0.252 e. The molecule has 0 aliphatic heterocycles. The van der Waals surface area contributed by atoms with E-state index in [1.807, 2.05) is 16.4 Å². The highest BCUT2D eigenvalue weighted by atomic mass is 32.2. The lowest BCUT2D eigenvalue weighted by atomic mass is 10.1. The first-order valence-electron chi connectivity index (χ1n) is 7.10. The highest BCUT2D eigenvalue weighted by Crippen LogP contribution is 2.08. The number of thioether (sulfide) groups is 1. The average molecular weight is 269 g/mol. The molecule has 4 heteroatoms. The zero-order chi connectivity index (χ0) is 13.2. The normalized spacial score (nSPS) is 11.3. The fraction of sp³-hybridized carbons (Fsp3) is 0.857. The van der Waals surface area contributed by atoms with Gasteiger partial charge < -0.3 is 0 Å². The van der Waals surface area contributed by atoms with Gasteiger partial charge in [-0.1, -0.05) is 31.9 Å². The Labute approximate surface area is 116 Å². The van der Waals surface area contributed by atoms with Gasteiger partial charge >= 0.3 is 0 Å². The molecule has 0 aliphatic rings. The van der Waals surface area contributed by atoms with E-state index in [2.05, 4.69) is 36.6 Å². The first-order chi connectivity index (χ1) is 8.72. The van der Waals surface area contributed by atoms with E-state index in [0.717, 1.165) is 24.6 Å². The SMILES string of the molecule is CSCCCCc1cn(CCCCC(C)C)nn1. The topological polar surface area (TPSA) is 30.7 Å². The van der Waals surface area contributed by atoms with Gasteiger partial charge in [-0.05, 0) is 43.6 Å². The molecule has 0 N–H and O–H groups in total. The zero-order valence-corrected chi connectivity index (χ0v) is 12.9. The first kappa shape index (κ1) is 15.5. The third-order valence-corrected chi connectivity index (χ3v) is 3.73. The van der Waals surface area contributed by atoms with E-state index in [1.54, 1.807) is 0 Å². The second-order valence-electron chi connectivity index (χ2n) is 5.31. The van der Waals surface area contributed by atoms with Crippen LogP contribution in [0.15, 0.2) is 6.20 Å². The number of rotatable bonds is 10. The van der Waals surface area contributed by atoms with E-state index >= 15 is 0 Å². The quantitative estimate of drug-likeness (QED) is 0.605. The minimum atomic E-state index is 0.813. The maximum atomic E-state index is 4.23. The number of hydrogen-bond acceptors (Lipinski definition) is 3. The van der Waals surface area contributed by atoms with Gasteiger partial charge in [0.25, 0.3) is 0 Å². The second-order valence-corrected chi connectivity index (χ2v) is 6.30. The molecule has 0 atom stereocenters. The Morgan fingerprint density at radius 2 is 2.06 bits per heavy atom. The van der Waals surface area contributed by atoms with Crippen LogP contribution in [-0.2, 0) is 13.0 Å². The van der Waals surface area contributed by atoms with Gasteiger partial charge in [-0.25, -0.2) is 0 Å². The fourth-order valence-electron chi connectivity index (χ4n) is 1.94.